The van der Waals surface area contributed by atoms with Crippen LogP contribution in [0.5, 0.6) is 23.0 Å². The lowest BCUT2D eigenvalue weighted by molar-refractivity contribution is -0.119. The summed E-state index contributed by atoms with van der Waals surface area (Å²) < 4.78 is 21.2. The fourth-order valence-corrected chi connectivity index (χ4v) is 3.43. The molecule has 0 saturated carbocycles. The number of methoxy groups -OCH3 is 3. The molecule has 3 N–H and O–H groups in total. The Hall–Kier alpha value is -3.66. The monoisotopic (exact) mass is 443 g/mol. The van der Waals surface area contributed by atoms with Crippen molar-refractivity contribution in [3.63, 3.8) is 0 Å². The Kier molecular flexibility index (Phi) is 7.03. The summed E-state index contributed by atoms with van der Waals surface area (Å²) in [5.41, 5.74) is 6.42. The van der Waals surface area contributed by atoms with E-state index in [1.165, 1.54) is 7.11 Å². The predicted octanol–water partition coefficient (Wildman–Crippen LogP) is 3.10. The van der Waals surface area contributed by atoms with Crippen LogP contribution in [0.1, 0.15) is 5.56 Å². The molecule has 9 nitrogen and oxygen atoms in total. The molecule has 0 bridgehead atoms. The molecule has 0 radical (unpaired) electrons. The first-order chi connectivity index (χ1) is 14.9. The lowest BCUT2D eigenvalue weighted by Gasteiger charge is -2.10. The van der Waals surface area contributed by atoms with E-state index in [4.69, 9.17) is 24.7 Å². The molecule has 3 rings (SSSR count). The van der Waals surface area contributed by atoms with Gasteiger partial charge in [-0.1, -0.05) is 6.07 Å². The van der Waals surface area contributed by atoms with Gasteiger partial charge in [-0.3, -0.25) is 9.59 Å². The van der Waals surface area contributed by atoms with E-state index in [9.17, 15) is 9.59 Å². The van der Waals surface area contributed by atoms with E-state index in [-0.39, 0.29) is 11.8 Å². The van der Waals surface area contributed by atoms with Crippen LogP contribution in [0.25, 0.3) is 6.08 Å². The zero-order valence-electron chi connectivity index (χ0n) is 17.1. The number of nitrogens with two attached hydrogens (primary N) is 1. The minimum atomic E-state index is -0.588. The Morgan fingerprint density at radius 3 is 2.39 bits per heavy atom. The molecule has 0 atom stereocenters. The van der Waals surface area contributed by atoms with E-state index in [0.717, 1.165) is 17.3 Å². The van der Waals surface area contributed by atoms with Crippen molar-refractivity contribution in [2.45, 2.75) is 0 Å². The van der Waals surface area contributed by atoms with Crippen LogP contribution in [0.15, 0.2) is 46.3 Å². The maximum Gasteiger partial charge on any atom is 0.289 e. The quantitative estimate of drug-likeness (QED) is 0.643. The fourth-order valence-electron chi connectivity index (χ4n) is 2.69. The van der Waals surface area contributed by atoms with Crippen molar-refractivity contribution >= 4 is 40.5 Å². The number of thioether (sulfide) groups is 1. The maximum absolute atomic E-state index is 12.0. The fraction of sp³-hybridized carbons (Fsp3) is 0.190. The van der Waals surface area contributed by atoms with Crippen molar-refractivity contribution in [1.29, 1.82) is 0 Å². The van der Waals surface area contributed by atoms with E-state index in [0.29, 0.717) is 39.4 Å². The Balaban J connectivity index is 1.93. The van der Waals surface area contributed by atoms with E-state index in [2.05, 4.69) is 10.3 Å². The summed E-state index contributed by atoms with van der Waals surface area (Å²) in [7, 11) is 4.59. The molecule has 0 aliphatic carbocycles. The van der Waals surface area contributed by atoms with Gasteiger partial charge >= 0.3 is 0 Å². The average Bonchev–Trinajstić information content (AvgIpc) is 3.10. The van der Waals surface area contributed by atoms with E-state index in [1.54, 1.807) is 56.7 Å². The van der Waals surface area contributed by atoms with Crippen LogP contribution >= 0.6 is 11.8 Å². The number of hydrogen-bond acceptors (Lipinski definition) is 8. The van der Waals surface area contributed by atoms with Gasteiger partial charge in [-0.15, -0.1) is 0 Å². The highest BCUT2D eigenvalue weighted by Crippen LogP contribution is 2.34. The Labute approximate surface area is 183 Å². The Morgan fingerprint density at radius 1 is 1.06 bits per heavy atom. The van der Waals surface area contributed by atoms with Gasteiger partial charge in [-0.2, -0.15) is 0 Å². The number of carbonyl (C=O) groups is 2. The molecule has 162 valence electrons. The number of ether oxygens (including phenoxy) is 4. The molecule has 1 saturated heterocycles. The molecule has 2 aromatic rings. The first-order valence-corrected chi connectivity index (χ1v) is 9.85. The molecule has 10 heteroatoms. The Bertz CT molecular complexity index is 1040. The number of amidine groups is 1. The standard InChI is InChI=1S/C21H21N3O6S/c1-27-14-8-13(9-15(10-14)28-2)23-20-18(31-21(26)24-20)7-12-4-5-16(17(6-12)29-3)30-11-19(22)25/h4-10H,11H2,1-3H3,(H2,22,25)(H,23,24,26). The highest BCUT2D eigenvalue weighted by atomic mass is 32.2. The average molecular weight is 443 g/mol. The highest BCUT2D eigenvalue weighted by molar-refractivity contribution is 8.18. The summed E-state index contributed by atoms with van der Waals surface area (Å²) in [6.07, 6.45) is 1.79. The van der Waals surface area contributed by atoms with Gasteiger partial charge in [0, 0.05) is 18.2 Å². The molecule has 1 fully saturated rings. The zero-order chi connectivity index (χ0) is 22.4. The van der Waals surface area contributed by atoms with Crippen molar-refractivity contribution in [3.8, 4) is 23.0 Å². The smallest absolute Gasteiger partial charge is 0.289 e. The topological polar surface area (TPSA) is 121 Å². The van der Waals surface area contributed by atoms with Crippen molar-refractivity contribution in [3.05, 3.63) is 46.9 Å². The summed E-state index contributed by atoms with van der Waals surface area (Å²) in [6, 6.07) is 10.3. The zero-order valence-corrected chi connectivity index (χ0v) is 17.9. The number of hydrogen-bond donors (Lipinski definition) is 2. The summed E-state index contributed by atoms with van der Waals surface area (Å²) in [4.78, 5) is 28.1. The van der Waals surface area contributed by atoms with Gasteiger partial charge in [0.15, 0.2) is 18.1 Å². The predicted molar refractivity (Wildman–Crippen MR) is 118 cm³/mol. The second-order valence-corrected chi connectivity index (χ2v) is 7.23. The van der Waals surface area contributed by atoms with Crippen molar-refractivity contribution in [2.24, 2.45) is 10.7 Å². The molecule has 2 amide bonds. The number of rotatable bonds is 8. The number of nitrogens with zero attached hydrogens (tertiary/aromatic N) is 1. The van der Waals surface area contributed by atoms with Gasteiger partial charge in [0.2, 0.25) is 0 Å². The van der Waals surface area contributed by atoms with E-state index >= 15 is 0 Å². The minimum absolute atomic E-state index is 0.242. The summed E-state index contributed by atoms with van der Waals surface area (Å²) >= 11 is 1.02. The van der Waals surface area contributed by atoms with Crippen molar-refractivity contribution in [1.82, 2.24) is 5.32 Å². The van der Waals surface area contributed by atoms with Crippen LogP contribution in [0.4, 0.5) is 10.5 Å². The molecule has 1 aliphatic heterocycles. The van der Waals surface area contributed by atoms with Gasteiger partial charge in [-0.05, 0) is 35.5 Å². The molecule has 0 spiro atoms. The van der Waals surface area contributed by atoms with Crippen LogP contribution < -0.4 is 30.0 Å². The number of nitrogens with one attached hydrogen (secondary N) is 1. The third-order valence-electron chi connectivity index (χ3n) is 4.09. The van der Waals surface area contributed by atoms with Crippen LogP contribution in [-0.2, 0) is 4.79 Å². The summed E-state index contributed by atoms with van der Waals surface area (Å²) in [5, 5.41) is 2.49. The summed E-state index contributed by atoms with van der Waals surface area (Å²) in [5.74, 6) is 1.78. The lowest BCUT2D eigenvalue weighted by Crippen LogP contribution is -2.20. The van der Waals surface area contributed by atoms with Gasteiger partial charge in [0.25, 0.3) is 11.1 Å². The van der Waals surface area contributed by atoms with Gasteiger partial charge in [-0.25, -0.2) is 4.99 Å². The van der Waals surface area contributed by atoms with E-state index < -0.39 is 5.91 Å². The van der Waals surface area contributed by atoms with Crippen molar-refractivity contribution < 1.29 is 28.5 Å². The third kappa shape index (κ3) is 5.70. The lowest BCUT2D eigenvalue weighted by atomic mass is 10.2. The molecule has 1 heterocycles. The van der Waals surface area contributed by atoms with E-state index in [1.807, 2.05) is 0 Å². The first kappa shape index (κ1) is 22.0. The normalized spacial score (nSPS) is 15.6. The second kappa shape index (κ2) is 9.90. The SMILES string of the molecule is COc1cc(N=C2NC(=O)SC2=Cc2ccc(OCC(N)=O)c(OC)c2)cc(OC)c1. The number of aliphatic imine (C=N–C) groups is 1. The van der Waals surface area contributed by atoms with Crippen molar-refractivity contribution in [2.75, 3.05) is 27.9 Å². The first-order valence-electron chi connectivity index (χ1n) is 9.03. The minimum Gasteiger partial charge on any atom is -0.497 e. The Morgan fingerprint density at radius 2 is 1.77 bits per heavy atom. The van der Waals surface area contributed by atoms with Gasteiger partial charge in [0.1, 0.15) is 17.3 Å². The van der Waals surface area contributed by atoms with Gasteiger partial charge in [0.05, 0.1) is 31.9 Å². The van der Waals surface area contributed by atoms with Crippen LogP contribution in [-0.4, -0.2) is 44.9 Å². The van der Waals surface area contributed by atoms with Crippen LogP contribution in [0.3, 0.4) is 0 Å². The van der Waals surface area contributed by atoms with Gasteiger partial charge < -0.3 is 30.0 Å². The molecule has 0 aromatic heterocycles. The third-order valence-corrected chi connectivity index (χ3v) is 4.91. The molecule has 1 aliphatic rings. The molecule has 31 heavy (non-hydrogen) atoms. The highest BCUT2D eigenvalue weighted by Gasteiger charge is 2.24. The number of amides is 2. The molecular formula is C21H21N3O6S. The van der Waals surface area contributed by atoms with Crippen LogP contribution in [0.2, 0.25) is 0 Å². The largest absolute Gasteiger partial charge is 0.497 e. The van der Waals surface area contributed by atoms with Crippen LogP contribution in [0, 0.1) is 0 Å². The number of carbonyl (C=O) groups excluding carboxylic acids is 2. The molecule has 0 unspecified atom stereocenters. The molecular weight excluding hydrogens is 422 g/mol. The molecule has 2 aromatic carbocycles. The maximum atomic E-state index is 12.0. The number of primary amides is 1. The summed E-state index contributed by atoms with van der Waals surface area (Å²) in [6.45, 7) is -0.258. The number of benzene rings is 2. The second-order valence-electron chi connectivity index (χ2n) is 6.22.